The summed E-state index contributed by atoms with van der Waals surface area (Å²) in [5, 5.41) is 3.04. The van der Waals surface area contributed by atoms with E-state index in [2.05, 4.69) is 19.2 Å². The Labute approximate surface area is 130 Å². The van der Waals surface area contributed by atoms with Gasteiger partial charge in [-0.1, -0.05) is 39.0 Å². The molecule has 118 valence electrons. The van der Waals surface area contributed by atoms with Gasteiger partial charge in [-0.3, -0.25) is 9.00 Å². The molecule has 1 aromatic rings. The van der Waals surface area contributed by atoms with Crippen molar-refractivity contribution in [2.45, 2.75) is 45.4 Å². The molecule has 0 aromatic heterocycles. The average Bonchev–Trinajstić information content (AvgIpc) is 2.46. The third kappa shape index (κ3) is 5.98. The van der Waals surface area contributed by atoms with Gasteiger partial charge in [0.25, 0.3) is 0 Å². The Kier molecular flexibility index (Phi) is 7.61. The summed E-state index contributed by atoms with van der Waals surface area (Å²) in [5.41, 5.74) is 7.32. The molecule has 0 radical (unpaired) electrons. The number of amides is 1. The molecule has 5 heteroatoms. The normalized spacial score (nSPS) is 14.0. The molecule has 21 heavy (non-hydrogen) atoms. The van der Waals surface area contributed by atoms with E-state index in [-0.39, 0.29) is 11.2 Å². The number of carbonyl (C=O) groups excluding carboxylic acids is 1. The fourth-order valence-corrected chi connectivity index (χ4v) is 3.31. The molecule has 0 saturated heterocycles. The lowest BCUT2D eigenvalue weighted by molar-refractivity contribution is -0.116. The van der Waals surface area contributed by atoms with Crippen LogP contribution in [0.1, 0.15) is 39.2 Å². The molecule has 1 amide bonds. The topological polar surface area (TPSA) is 72.2 Å². The molecule has 1 rings (SSSR count). The highest BCUT2D eigenvalue weighted by atomic mass is 32.2. The zero-order valence-electron chi connectivity index (χ0n) is 13.1. The largest absolute Gasteiger partial charge is 0.326 e. The standard InChI is InChI=1S/C16H26N2O2S/c1-12(2)13(3)21(20)10-6-9-16(19)18-15-8-5-4-7-14(15)11-17/h4-5,7-8,12-13H,6,9-11,17H2,1-3H3,(H,18,19). The number of nitrogens with two attached hydrogens (primary N) is 1. The molecular weight excluding hydrogens is 284 g/mol. The SMILES string of the molecule is CC(C)C(C)S(=O)CCCC(=O)Nc1ccccc1CN. The highest BCUT2D eigenvalue weighted by Crippen LogP contribution is 2.15. The Morgan fingerprint density at radius 1 is 1.29 bits per heavy atom. The van der Waals surface area contributed by atoms with Crippen molar-refractivity contribution in [2.24, 2.45) is 11.7 Å². The van der Waals surface area contributed by atoms with Crippen molar-refractivity contribution in [3.05, 3.63) is 29.8 Å². The number of nitrogens with one attached hydrogen (secondary N) is 1. The van der Waals surface area contributed by atoms with Crippen LogP contribution in [-0.2, 0) is 22.1 Å². The van der Waals surface area contributed by atoms with Gasteiger partial charge < -0.3 is 11.1 Å². The summed E-state index contributed by atoms with van der Waals surface area (Å²) < 4.78 is 12.0. The lowest BCUT2D eigenvalue weighted by atomic mass is 10.1. The van der Waals surface area contributed by atoms with E-state index < -0.39 is 10.8 Å². The molecule has 0 saturated carbocycles. The molecule has 0 aliphatic heterocycles. The first kappa shape index (κ1) is 17.9. The van der Waals surface area contributed by atoms with Crippen molar-refractivity contribution < 1.29 is 9.00 Å². The lowest BCUT2D eigenvalue weighted by Crippen LogP contribution is -2.21. The highest BCUT2D eigenvalue weighted by molar-refractivity contribution is 7.85. The summed E-state index contributed by atoms with van der Waals surface area (Å²) in [6.45, 7) is 6.53. The molecule has 0 fully saturated rings. The van der Waals surface area contributed by atoms with E-state index in [1.165, 1.54) is 0 Å². The van der Waals surface area contributed by atoms with Crippen molar-refractivity contribution in [2.75, 3.05) is 11.1 Å². The molecule has 3 N–H and O–H groups in total. The molecule has 1 aromatic carbocycles. The van der Waals surface area contributed by atoms with Crippen LogP contribution in [0.3, 0.4) is 0 Å². The Bertz CT molecular complexity index is 489. The molecule has 0 spiro atoms. The maximum atomic E-state index is 12.0. The fraction of sp³-hybridized carbons (Fsp3) is 0.562. The molecule has 2 unspecified atom stereocenters. The van der Waals surface area contributed by atoms with E-state index in [0.29, 0.717) is 31.1 Å². The summed E-state index contributed by atoms with van der Waals surface area (Å²) in [6, 6.07) is 7.51. The summed E-state index contributed by atoms with van der Waals surface area (Å²) in [4.78, 5) is 11.9. The molecule has 4 nitrogen and oxygen atoms in total. The zero-order valence-corrected chi connectivity index (χ0v) is 13.9. The summed E-state index contributed by atoms with van der Waals surface area (Å²) in [6.07, 6.45) is 1.02. The van der Waals surface area contributed by atoms with Crippen molar-refractivity contribution in [3.8, 4) is 0 Å². The van der Waals surface area contributed by atoms with Gasteiger partial charge in [-0.15, -0.1) is 0 Å². The minimum Gasteiger partial charge on any atom is -0.326 e. The molecule has 0 bridgehead atoms. The Morgan fingerprint density at radius 2 is 1.95 bits per heavy atom. The first-order valence-corrected chi connectivity index (χ1v) is 8.79. The molecule has 0 aliphatic rings. The Balaban J connectivity index is 2.40. The quantitative estimate of drug-likeness (QED) is 0.775. The minimum absolute atomic E-state index is 0.0508. The zero-order chi connectivity index (χ0) is 15.8. The van der Waals surface area contributed by atoms with Crippen LogP contribution in [0.15, 0.2) is 24.3 Å². The highest BCUT2D eigenvalue weighted by Gasteiger charge is 2.15. The molecular formula is C16H26N2O2S. The minimum atomic E-state index is -0.864. The van der Waals surface area contributed by atoms with Gasteiger partial charge in [0.2, 0.25) is 5.91 Å². The van der Waals surface area contributed by atoms with Gasteiger partial charge in [0, 0.05) is 40.5 Å². The van der Waals surface area contributed by atoms with Crippen LogP contribution in [0, 0.1) is 5.92 Å². The van der Waals surface area contributed by atoms with Gasteiger partial charge in [0.1, 0.15) is 0 Å². The van der Waals surface area contributed by atoms with E-state index in [1.54, 1.807) is 0 Å². The second-order valence-electron chi connectivity index (χ2n) is 5.55. The summed E-state index contributed by atoms with van der Waals surface area (Å²) in [7, 11) is -0.864. The number of rotatable bonds is 8. The van der Waals surface area contributed by atoms with Gasteiger partial charge in [0.15, 0.2) is 0 Å². The van der Waals surface area contributed by atoms with Crippen molar-refractivity contribution in [3.63, 3.8) is 0 Å². The van der Waals surface area contributed by atoms with Crippen LogP contribution in [0.5, 0.6) is 0 Å². The van der Waals surface area contributed by atoms with Crippen LogP contribution in [0.25, 0.3) is 0 Å². The van der Waals surface area contributed by atoms with E-state index >= 15 is 0 Å². The van der Waals surface area contributed by atoms with E-state index in [4.69, 9.17) is 5.73 Å². The first-order valence-electron chi connectivity index (χ1n) is 7.40. The number of benzene rings is 1. The maximum absolute atomic E-state index is 12.0. The third-order valence-corrected chi connectivity index (χ3v) is 5.68. The smallest absolute Gasteiger partial charge is 0.224 e. The fourth-order valence-electron chi connectivity index (χ4n) is 1.90. The van der Waals surface area contributed by atoms with Crippen LogP contribution in [0.4, 0.5) is 5.69 Å². The predicted molar refractivity (Wildman–Crippen MR) is 89.5 cm³/mol. The number of carbonyl (C=O) groups is 1. The monoisotopic (exact) mass is 310 g/mol. The molecule has 0 aliphatic carbocycles. The van der Waals surface area contributed by atoms with Crippen LogP contribution in [-0.4, -0.2) is 21.1 Å². The van der Waals surface area contributed by atoms with Gasteiger partial charge in [-0.25, -0.2) is 0 Å². The van der Waals surface area contributed by atoms with Crippen molar-refractivity contribution in [1.29, 1.82) is 0 Å². The van der Waals surface area contributed by atoms with Gasteiger partial charge in [0.05, 0.1) is 0 Å². The second-order valence-corrected chi connectivity index (χ2v) is 7.46. The average molecular weight is 310 g/mol. The summed E-state index contributed by atoms with van der Waals surface area (Å²) in [5.74, 6) is 0.923. The van der Waals surface area contributed by atoms with Gasteiger partial charge in [-0.05, 0) is 24.0 Å². The van der Waals surface area contributed by atoms with Crippen molar-refractivity contribution in [1.82, 2.24) is 0 Å². The first-order chi connectivity index (χ1) is 9.95. The Morgan fingerprint density at radius 3 is 2.57 bits per heavy atom. The predicted octanol–water partition coefficient (Wildman–Crippen LogP) is 2.66. The van der Waals surface area contributed by atoms with Gasteiger partial charge >= 0.3 is 0 Å². The van der Waals surface area contributed by atoms with Gasteiger partial charge in [-0.2, -0.15) is 0 Å². The number of hydrogen-bond donors (Lipinski definition) is 2. The van der Waals surface area contributed by atoms with Crippen molar-refractivity contribution >= 4 is 22.4 Å². The lowest BCUT2D eigenvalue weighted by Gasteiger charge is -2.15. The summed E-state index contributed by atoms with van der Waals surface area (Å²) >= 11 is 0. The molecule has 0 heterocycles. The number of para-hydroxylation sites is 1. The molecule has 2 atom stereocenters. The third-order valence-electron chi connectivity index (χ3n) is 3.61. The van der Waals surface area contributed by atoms with E-state index in [0.717, 1.165) is 11.3 Å². The van der Waals surface area contributed by atoms with E-state index in [1.807, 2.05) is 31.2 Å². The Hall–Kier alpha value is -1.20. The maximum Gasteiger partial charge on any atom is 0.224 e. The number of anilines is 1. The van der Waals surface area contributed by atoms with E-state index in [9.17, 15) is 9.00 Å². The van der Waals surface area contributed by atoms with Crippen LogP contribution >= 0.6 is 0 Å². The van der Waals surface area contributed by atoms with Crippen LogP contribution in [0.2, 0.25) is 0 Å². The van der Waals surface area contributed by atoms with Crippen LogP contribution < -0.4 is 11.1 Å². The number of hydrogen-bond acceptors (Lipinski definition) is 3. The second kappa shape index (κ2) is 8.95.